The largest absolute Gasteiger partial charge is 0.457 e. The first kappa shape index (κ1) is 19.0. The minimum Gasteiger partial charge on any atom is -0.457 e. The van der Waals surface area contributed by atoms with Gasteiger partial charge in [-0.3, -0.25) is 4.99 Å². The number of para-hydroxylation sites is 1. The molecule has 0 unspecified atom stereocenters. The van der Waals surface area contributed by atoms with Crippen LogP contribution in [0.1, 0.15) is 30.9 Å². The lowest BCUT2D eigenvalue weighted by Gasteiger charge is -2.09. The maximum absolute atomic E-state index is 6.07. The van der Waals surface area contributed by atoms with Gasteiger partial charge in [-0.2, -0.15) is 0 Å². The van der Waals surface area contributed by atoms with Gasteiger partial charge in [0.05, 0.1) is 0 Å². The van der Waals surface area contributed by atoms with Crippen molar-refractivity contribution < 1.29 is 4.74 Å². The van der Waals surface area contributed by atoms with E-state index in [1.165, 1.54) is 19.3 Å². The Morgan fingerprint density at radius 3 is 2.79 bits per heavy atom. The number of fused-ring (bicyclic) bond motifs is 1. The number of aliphatic imine (C=N–C) groups is 1. The maximum Gasteiger partial charge on any atom is 0.193 e. The lowest BCUT2D eigenvalue weighted by Crippen LogP contribution is -2.23. The van der Waals surface area contributed by atoms with Crippen LogP contribution >= 0.6 is 0 Å². The Labute approximate surface area is 170 Å². The third kappa shape index (κ3) is 5.13. The van der Waals surface area contributed by atoms with Crippen LogP contribution in [0, 0.1) is 0 Å². The van der Waals surface area contributed by atoms with Crippen molar-refractivity contribution in [3.8, 4) is 11.5 Å². The summed E-state index contributed by atoms with van der Waals surface area (Å²) in [7, 11) is 0. The van der Waals surface area contributed by atoms with Gasteiger partial charge in [0.15, 0.2) is 5.96 Å². The van der Waals surface area contributed by atoms with E-state index >= 15 is 0 Å². The quantitative estimate of drug-likeness (QED) is 0.494. The van der Waals surface area contributed by atoms with Gasteiger partial charge in [0.2, 0.25) is 0 Å². The number of hydrogen-bond donors (Lipinski definition) is 2. The van der Waals surface area contributed by atoms with Crippen molar-refractivity contribution in [1.82, 2.24) is 14.8 Å². The highest BCUT2D eigenvalue weighted by Crippen LogP contribution is 2.23. The molecular formula is C22H26N6O. The normalized spacial score (nSPS) is 14.1. The third-order valence-corrected chi connectivity index (χ3v) is 4.89. The second-order valence-electron chi connectivity index (χ2n) is 7.08. The molecule has 1 aromatic heterocycles. The number of guanidine groups is 1. The molecule has 3 N–H and O–H groups in total. The van der Waals surface area contributed by atoms with E-state index < -0.39 is 0 Å². The Kier molecular flexibility index (Phi) is 6.04. The van der Waals surface area contributed by atoms with Crippen LogP contribution in [0.2, 0.25) is 0 Å². The highest BCUT2D eigenvalue weighted by molar-refractivity contribution is 5.92. The highest BCUT2D eigenvalue weighted by Gasteiger charge is 2.14. The standard InChI is InChI=1S/C22H26N6O/c23-22(24-14-13-21-27-26-20-12-5-2-6-15-28(20)21)25-17-8-7-11-19(16-17)29-18-9-3-1-4-10-18/h1,3-4,7-11,16H,2,5-6,12-15H2,(H3,23,24,25). The topological polar surface area (TPSA) is 90.4 Å². The Hall–Kier alpha value is -3.35. The van der Waals surface area contributed by atoms with Crippen molar-refractivity contribution in [2.75, 3.05) is 11.9 Å². The Balaban J connectivity index is 1.33. The second kappa shape index (κ2) is 9.23. The first-order valence-electron chi connectivity index (χ1n) is 10.1. The number of nitrogens with one attached hydrogen (secondary N) is 1. The number of ether oxygens (including phenoxy) is 1. The summed E-state index contributed by atoms with van der Waals surface area (Å²) < 4.78 is 8.10. The van der Waals surface area contributed by atoms with Crippen LogP contribution in [0.25, 0.3) is 0 Å². The molecule has 1 aliphatic rings. The van der Waals surface area contributed by atoms with Gasteiger partial charge in [0.25, 0.3) is 0 Å². The number of hydrogen-bond acceptors (Lipinski definition) is 4. The average Bonchev–Trinajstić information content (AvgIpc) is 2.95. The van der Waals surface area contributed by atoms with Crippen LogP contribution < -0.4 is 15.8 Å². The summed E-state index contributed by atoms with van der Waals surface area (Å²) in [5.74, 6) is 4.00. The van der Waals surface area contributed by atoms with E-state index in [9.17, 15) is 0 Å². The molecule has 29 heavy (non-hydrogen) atoms. The van der Waals surface area contributed by atoms with Crippen LogP contribution in [0.15, 0.2) is 59.6 Å². The zero-order valence-corrected chi connectivity index (χ0v) is 16.4. The third-order valence-electron chi connectivity index (χ3n) is 4.89. The van der Waals surface area contributed by atoms with Gasteiger partial charge in [-0.25, -0.2) is 0 Å². The molecule has 3 aromatic rings. The summed E-state index contributed by atoms with van der Waals surface area (Å²) in [5, 5.41) is 11.8. The zero-order valence-electron chi connectivity index (χ0n) is 16.4. The van der Waals surface area contributed by atoms with E-state index in [2.05, 4.69) is 25.1 Å². The van der Waals surface area contributed by atoms with Crippen molar-refractivity contribution in [2.45, 2.75) is 38.6 Å². The molecule has 2 aromatic carbocycles. The summed E-state index contributed by atoms with van der Waals surface area (Å²) >= 11 is 0. The lowest BCUT2D eigenvalue weighted by atomic mass is 10.2. The van der Waals surface area contributed by atoms with E-state index in [1.807, 2.05) is 54.6 Å². The van der Waals surface area contributed by atoms with Crippen LogP contribution in [0.3, 0.4) is 0 Å². The molecule has 0 saturated heterocycles. The van der Waals surface area contributed by atoms with E-state index in [0.717, 1.165) is 48.2 Å². The fourth-order valence-corrected chi connectivity index (χ4v) is 3.46. The molecule has 4 rings (SSSR count). The number of aromatic nitrogens is 3. The molecule has 0 fully saturated rings. The molecule has 0 spiro atoms. The summed E-state index contributed by atoms with van der Waals surface area (Å²) in [6, 6.07) is 17.3. The molecule has 150 valence electrons. The monoisotopic (exact) mass is 390 g/mol. The zero-order chi connectivity index (χ0) is 19.9. The summed E-state index contributed by atoms with van der Waals surface area (Å²) in [4.78, 5) is 4.44. The predicted molar refractivity (Wildman–Crippen MR) is 114 cm³/mol. The van der Waals surface area contributed by atoms with Gasteiger partial charge in [-0.05, 0) is 37.1 Å². The minimum atomic E-state index is 0.373. The van der Waals surface area contributed by atoms with Crippen molar-refractivity contribution >= 4 is 11.6 Å². The van der Waals surface area contributed by atoms with Crippen molar-refractivity contribution in [3.05, 3.63) is 66.2 Å². The molecule has 0 atom stereocenters. The molecule has 0 radical (unpaired) electrons. The molecule has 0 amide bonds. The van der Waals surface area contributed by atoms with Gasteiger partial charge in [-0.15, -0.1) is 10.2 Å². The average molecular weight is 390 g/mol. The summed E-state index contributed by atoms with van der Waals surface area (Å²) in [6.07, 6.45) is 5.38. The SMILES string of the molecule is NC(=NCCc1nnc2n1CCCCC2)Nc1cccc(Oc2ccccc2)c1. The number of rotatable bonds is 6. The molecule has 0 aliphatic carbocycles. The number of nitrogens with zero attached hydrogens (tertiary/aromatic N) is 4. The Bertz CT molecular complexity index is 966. The highest BCUT2D eigenvalue weighted by atomic mass is 16.5. The van der Waals surface area contributed by atoms with Crippen LogP contribution in [0.5, 0.6) is 11.5 Å². The fraction of sp³-hybridized carbons (Fsp3) is 0.318. The van der Waals surface area contributed by atoms with Crippen LogP contribution in [-0.2, 0) is 19.4 Å². The van der Waals surface area contributed by atoms with Crippen molar-refractivity contribution in [1.29, 1.82) is 0 Å². The fourth-order valence-electron chi connectivity index (χ4n) is 3.46. The maximum atomic E-state index is 6.07. The first-order chi connectivity index (χ1) is 14.3. The summed E-state index contributed by atoms with van der Waals surface area (Å²) in [5.41, 5.74) is 6.90. The summed E-state index contributed by atoms with van der Waals surface area (Å²) in [6.45, 7) is 1.57. The first-order valence-corrected chi connectivity index (χ1v) is 10.1. The van der Waals surface area contributed by atoms with Crippen LogP contribution in [-0.4, -0.2) is 27.3 Å². The lowest BCUT2D eigenvalue weighted by molar-refractivity contribution is 0.483. The number of nitrogens with two attached hydrogens (primary N) is 1. The Morgan fingerprint density at radius 1 is 1.03 bits per heavy atom. The smallest absolute Gasteiger partial charge is 0.193 e. The van der Waals surface area contributed by atoms with E-state index in [-0.39, 0.29) is 0 Å². The van der Waals surface area contributed by atoms with E-state index in [4.69, 9.17) is 10.5 Å². The van der Waals surface area contributed by atoms with Crippen LogP contribution in [0.4, 0.5) is 5.69 Å². The van der Waals surface area contributed by atoms with Gasteiger partial charge in [-0.1, -0.05) is 30.7 Å². The molecule has 7 nitrogen and oxygen atoms in total. The van der Waals surface area contributed by atoms with Gasteiger partial charge < -0.3 is 20.4 Å². The molecule has 7 heteroatoms. The minimum absolute atomic E-state index is 0.373. The molecule has 0 bridgehead atoms. The van der Waals surface area contributed by atoms with E-state index in [1.54, 1.807) is 0 Å². The second-order valence-corrected chi connectivity index (χ2v) is 7.08. The van der Waals surface area contributed by atoms with Gasteiger partial charge in [0, 0.05) is 37.7 Å². The number of benzene rings is 2. The van der Waals surface area contributed by atoms with E-state index in [0.29, 0.717) is 12.5 Å². The number of anilines is 1. The molecule has 0 saturated carbocycles. The predicted octanol–water partition coefficient (Wildman–Crippen LogP) is 3.77. The van der Waals surface area contributed by atoms with Gasteiger partial charge >= 0.3 is 0 Å². The van der Waals surface area contributed by atoms with Crippen molar-refractivity contribution in [3.63, 3.8) is 0 Å². The van der Waals surface area contributed by atoms with Gasteiger partial charge in [0.1, 0.15) is 23.1 Å². The molecule has 2 heterocycles. The Morgan fingerprint density at radius 2 is 1.90 bits per heavy atom. The van der Waals surface area contributed by atoms with Crippen molar-refractivity contribution in [2.24, 2.45) is 10.7 Å². The molecule has 1 aliphatic heterocycles. The number of aryl methyl sites for hydroxylation is 1. The molecular weight excluding hydrogens is 364 g/mol.